The molecule has 0 aliphatic heterocycles. The van der Waals surface area contributed by atoms with Crippen LogP contribution in [-0.4, -0.2) is 37.0 Å². The zero-order valence-corrected chi connectivity index (χ0v) is 22.3. The Morgan fingerprint density at radius 2 is 0.844 bits per heavy atom. The maximum absolute atomic E-state index is 2.50. The molecule has 0 fully saturated rings. The van der Waals surface area contributed by atoms with E-state index in [1.807, 2.05) is 0 Å². The van der Waals surface area contributed by atoms with Crippen LogP contribution in [0.4, 0.5) is 0 Å². The molecule has 1 rings (SSSR count). The first-order valence-electron chi connectivity index (χ1n) is 14.1. The number of benzene rings is 1. The fourth-order valence-electron chi connectivity index (χ4n) is 4.64. The summed E-state index contributed by atoms with van der Waals surface area (Å²) in [5.41, 5.74) is 2.93. The van der Waals surface area contributed by atoms with Crippen molar-refractivity contribution in [3.05, 3.63) is 35.4 Å². The van der Waals surface area contributed by atoms with Gasteiger partial charge in [0.15, 0.2) is 0 Å². The fraction of sp³-hybridized carbons (Fsp3) is 0.800. The van der Waals surface area contributed by atoms with Crippen molar-refractivity contribution in [3.8, 4) is 0 Å². The van der Waals surface area contributed by atoms with E-state index < -0.39 is 0 Å². The van der Waals surface area contributed by atoms with Crippen LogP contribution < -0.4 is 0 Å². The normalized spacial score (nSPS) is 11.7. The van der Waals surface area contributed by atoms with Crippen LogP contribution in [-0.2, 0) is 13.1 Å². The minimum atomic E-state index is 1.08. The highest BCUT2D eigenvalue weighted by atomic mass is 15.1. The Kier molecular flexibility index (Phi) is 18.9. The van der Waals surface area contributed by atoms with Gasteiger partial charge in [0.25, 0.3) is 0 Å². The molecular weight excluding hydrogens is 388 g/mol. The number of rotatable bonds is 22. The Balaban J connectivity index is 2.14. The van der Waals surface area contributed by atoms with E-state index in [0.717, 1.165) is 13.1 Å². The van der Waals surface area contributed by atoms with E-state index in [1.165, 1.54) is 127 Å². The van der Waals surface area contributed by atoms with Crippen molar-refractivity contribution in [2.75, 3.05) is 27.2 Å². The molecule has 1 aromatic rings. The van der Waals surface area contributed by atoms with E-state index in [2.05, 4.69) is 62.0 Å². The second-order valence-electron chi connectivity index (χ2n) is 10.2. The largest absolute Gasteiger partial charge is 0.302 e. The highest BCUT2D eigenvalue weighted by Crippen LogP contribution is 2.13. The predicted octanol–water partition coefficient (Wildman–Crippen LogP) is 8.83. The predicted molar refractivity (Wildman–Crippen MR) is 144 cm³/mol. The van der Waals surface area contributed by atoms with Gasteiger partial charge in [-0.1, -0.05) is 128 Å². The van der Waals surface area contributed by atoms with Crippen LogP contribution in [0, 0.1) is 0 Å². The van der Waals surface area contributed by atoms with Gasteiger partial charge in [0.1, 0.15) is 0 Å². The van der Waals surface area contributed by atoms with Crippen molar-refractivity contribution in [3.63, 3.8) is 0 Å². The molecule has 0 radical (unpaired) electrons. The molecular formula is C30H56N2. The van der Waals surface area contributed by atoms with Gasteiger partial charge in [0.2, 0.25) is 0 Å². The Morgan fingerprint density at radius 1 is 0.500 bits per heavy atom. The lowest BCUT2D eigenvalue weighted by atomic mass is 10.1. The lowest BCUT2D eigenvalue weighted by Crippen LogP contribution is -2.20. The first-order valence-corrected chi connectivity index (χ1v) is 14.1. The standard InChI is InChI=1S/C30H56N2/c1-5-7-9-11-13-15-17-19-24-31(3)27-29-22-21-23-30(26-29)28-32(4)25-20-18-16-14-12-10-8-6-2/h21-23,26H,5-20,24-25,27-28H2,1-4H3. The minimum absolute atomic E-state index is 1.08. The lowest BCUT2D eigenvalue weighted by molar-refractivity contribution is 0.311. The van der Waals surface area contributed by atoms with Crippen molar-refractivity contribution in [1.29, 1.82) is 0 Å². The van der Waals surface area contributed by atoms with Gasteiger partial charge in [-0.15, -0.1) is 0 Å². The average molecular weight is 445 g/mol. The van der Waals surface area contributed by atoms with Crippen molar-refractivity contribution < 1.29 is 0 Å². The Labute approximate surface area is 202 Å². The molecule has 0 atom stereocenters. The Hall–Kier alpha value is -0.860. The van der Waals surface area contributed by atoms with Gasteiger partial charge in [0, 0.05) is 13.1 Å². The molecule has 2 nitrogen and oxygen atoms in total. The Morgan fingerprint density at radius 3 is 1.22 bits per heavy atom. The van der Waals surface area contributed by atoms with E-state index in [1.54, 1.807) is 0 Å². The molecule has 0 bridgehead atoms. The summed E-state index contributed by atoms with van der Waals surface area (Å²) in [5.74, 6) is 0. The van der Waals surface area contributed by atoms with Crippen LogP contribution in [0.2, 0.25) is 0 Å². The molecule has 0 aliphatic rings. The monoisotopic (exact) mass is 444 g/mol. The third-order valence-corrected chi connectivity index (χ3v) is 6.68. The first-order chi connectivity index (χ1) is 15.7. The average Bonchev–Trinajstić information content (AvgIpc) is 2.77. The van der Waals surface area contributed by atoms with E-state index in [-0.39, 0.29) is 0 Å². The van der Waals surface area contributed by atoms with Gasteiger partial charge in [-0.3, -0.25) is 0 Å². The highest BCUT2D eigenvalue weighted by molar-refractivity contribution is 5.23. The lowest BCUT2D eigenvalue weighted by Gasteiger charge is -2.19. The molecule has 0 amide bonds. The summed E-state index contributed by atoms with van der Waals surface area (Å²) in [6, 6.07) is 9.27. The van der Waals surface area contributed by atoms with Crippen molar-refractivity contribution in [1.82, 2.24) is 9.80 Å². The van der Waals surface area contributed by atoms with Crippen LogP contribution in [0.15, 0.2) is 24.3 Å². The molecule has 2 heteroatoms. The summed E-state index contributed by atoms with van der Waals surface area (Å²) in [4.78, 5) is 5.00. The third-order valence-electron chi connectivity index (χ3n) is 6.68. The second-order valence-corrected chi connectivity index (χ2v) is 10.2. The molecule has 0 N–H and O–H groups in total. The maximum atomic E-state index is 2.50. The molecule has 32 heavy (non-hydrogen) atoms. The Bertz CT molecular complexity index is 484. The smallest absolute Gasteiger partial charge is 0.0230 e. The maximum Gasteiger partial charge on any atom is 0.0230 e. The fourth-order valence-corrected chi connectivity index (χ4v) is 4.64. The number of hydrogen-bond acceptors (Lipinski definition) is 2. The molecule has 186 valence electrons. The summed E-state index contributed by atoms with van der Waals surface area (Å²) >= 11 is 0. The van der Waals surface area contributed by atoms with Gasteiger partial charge in [-0.2, -0.15) is 0 Å². The van der Waals surface area contributed by atoms with E-state index in [9.17, 15) is 0 Å². The van der Waals surface area contributed by atoms with Crippen LogP contribution in [0.5, 0.6) is 0 Å². The molecule has 0 aliphatic carbocycles. The molecule has 0 unspecified atom stereocenters. The summed E-state index contributed by atoms with van der Waals surface area (Å²) < 4.78 is 0. The molecule has 0 saturated carbocycles. The van der Waals surface area contributed by atoms with Gasteiger partial charge < -0.3 is 9.80 Å². The van der Waals surface area contributed by atoms with Crippen molar-refractivity contribution >= 4 is 0 Å². The van der Waals surface area contributed by atoms with E-state index in [4.69, 9.17) is 0 Å². The van der Waals surface area contributed by atoms with Crippen LogP contribution in [0.1, 0.15) is 128 Å². The number of unbranched alkanes of at least 4 members (excludes halogenated alkanes) is 14. The van der Waals surface area contributed by atoms with Crippen molar-refractivity contribution in [2.45, 2.75) is 130 Å². The zero-order chi connectivity index (χ0) is 23.3. The zero-order valence-electron chi connectivity index (χ0n) is 22.3. The van der Waals surface area contributed by atoms with E-state index in [0.29, 0.717) is 0 Å². The number of hydrogen-bond donors (Lipinski definition) is 0. The van der Waals surface area contributed by atoms with Crippen molar-refractivity contribution in [2.24, 2.45) is 0 Å². The molecule has 0 saturated heterocycles. The topological polar surface area (TPSA) is 6.48 Å². The first kappa shape index (κ1) is 29.2. The van der Waals surface area contributed by atoms with Crippen LogP contribution in [0.25, 0.3) is 0 Å². The summed E-state index contributed by atoms with van der Waals surface area (Å²) in [5, 5.41) is 0. The summed E-state index contributed by atoms with van der Waals surface area (Å²) in [7, 11) is 4.56. The quantitative estimate of drug-likeness (QED) is 0.165. The molecule has 0 heterocycles. The van der Waals surface area contributed by atoms with E-state index >= 15 is 0 Å². The highest BCUT2D eigenvalue weighted by Gasteiger charge is 2.04. The second kappa shape index (κ2) is 20.7. The van der Waals surface area contributed by atoms with Gasteiger partial charge in [0.05, 0.1) is 0 Å². The van der Waals surface area contributed by atoms with Crippen LogP contribution >= 0.6 is 0 Å². The van der Waals surface area contributed by atoms with Gasteiger partial charge in [-0.25, -0.2) is 0 Å². The summed E-state index contributed by atoms with van der Waals surface area (Å²) in [6.07, 6.45) is 22.4. The third kappa shape index (κ3) is 16.7. The van der Waals surface area contributed by atoms with Crippen LogP contribution in [0.3, 0.4) is 0 Å². The molecule has 0 aromatic heterocycles. The molecule has 0 spiro atoms. The summed E-state index contributed by atoms with van der Waals surface area (Å²) in [6.45, 7) is 9.18. The molecule has 1 aromatic carbocycles. The number of nitrogens with zero attached hydrogens (tertiary/aromatic N) is 2. The SMILES string of the molecule is CCCCCCCCCCN(C)Cc1cccc(CN(C)CCCCCCCCCC)c1. The minimum Gasteiger partial charge on any atom is -0.302 e. The van der Waals surface area contributed by atoms with Gasteiger partial charge >= 0.3 is 0 Å². The van der Waals surface area contributed by atoms with Gasteiger partial charge in [-0.05, 0) is 51.2 Å².